The number of aliphatic carboxylic acids is 1. The summed E-state index contributed by atoms with van der Waals surface area (Å²) >= 11 is -1.43. The lowest BCUT2D eigenvalue weighted by Gasteiger charge is -2.17. The normalized spacial score (nSPS) is 33.5. The summed E-state index contributed by atoms with van der Waals surface area (Å²) in [6.45, 7) is 0.448. The third-order valence-electron chi connectivity index (χ3n) is 1.29. The molecule has 64 valence electrons. The third-order valence-corrected chi connectivity index (χ3v) is 4.02. The summed E-state index contributed by atoms with van der Waals surface area (Å²) < 4.78 is 17.6. The van der Waals surface area contributed by atoms with E-state index in [4.69, 9.17) is 9.66 Å². The third kappa shape index (κ3) is 1.41. The quantitative estimate of drug-likeness (QED) is 0.507. The van der Waals surface area contributed by atoms with Crippen LogP contribution >= 0.6 is 11.8 Å². The predicted molar refractivity (Wildman–Crippen MR) is 41.6 cm³/mol. The molecule has 0 amide bonds. The van der Waals surface area contributed by atoms with Gasteiger partial charge in [0.1, 0.15) is 0 Å². The zero-order valence-electron chi connectivity index (χ0n) is 5.44. The lowest BCUT2D eigenvalue weighted by atomic mass is 10.6. The van der Waals surface area contributed by atoms with Crippen LogP contribution in [0.3, 0.4) is 0 Å². The summed E-state index contributed by atoms with van der Waals surface area (Å²) in [7, 11) is 0. The molecule has 0 spiro atoms. The lowest BCUT2D eigenvalue weighted by Crippen LogP contribution is -2.48. The van der Waals surface area contributed by atoms with Gasteiger partial charge < -0.3 is 9.66 Å². The molecule has 0 radical (unpaired) electrons. The molecule has 0 aliphatic carbocycles. The van der Waals surface area contributed by atoms with Gasteiger partial charge in [-0.15, -0.1) is 11.8 Å². The van der Waals surface area contributed by atoms with Gasteiger partial charge in [-0.05, 0) is 0 Å². The van der Waals surface area contributed by atoms with Gasteiger partial charge in [0.25, 0.3) is 4.20 Å². The number of carboxylic acid groups (broad SMARTS) is 1. The van der Waals surface area contributed by atoms with Crippen molar-refractivity contribution in [3.05, 3.63) is 0 Å². The molecule has 0 aromatic heterocycles. The molecule has 2 unspecified atom stereocenters. The SMILES string of the molecule is O=C(O)C1(S(=O)O)NCCS1. The number of hydrogen-bond donors (Lipinski definition) is 3. The predicted octanol–water partition coefficient (Wildman–Crippen LogP) is -0.717. The summed E-state index contributed by atoms with van der Waals surface area (Å²) in [5.74, 6) is -0.751. The van der Waals surface area contributed by atoms with Crippen LogP contribution in [0.1, 0.15) is 0 Å². The van der Waals surface area contributed by atoms with Crippen molar-refractivity contribution in [2.75, 3.05) is 12.3 Å². The first-order chi connectivity index (χ1) is 5.09. The number of carbonyl (C=O) groups is 1. The largest absolute Gasteiger partial charge is 0.478 e. The second-order valence-corrected chi connectivity index (χ2v) is 4.62. The van der Waals surface area contributed by atoms with Crippen LogP contribution in [-0.4, -0.2) is 36.3 Å². The summed E-state index contributed by atoms with van der Waals surface area (Å²) in [4.78, 5) is 10.5. The van der Waals surface area contributed by atoms with Crippen molar-refractivity contribution in [1.29, 1.82) is 0 Å². The van der Waals surface area contributed by atoms with E-state index in [1.54, 1.807) is 0 Å². The van der Waals surface area contributed by atoms with Crippen LogP contribution in [0.4, 0.5) is 0 Å². The van der Waals surface area contributed by atoms with Gasteiger partial charge in [-0.3, -0.25) is 5.32 Å². The smallest absolute Gasteiger partial charge is 0.350 e. The van der Waals surface area contributed by atoms with E-state index in [-0.39, 0.29) is 0 Å². The molecule has 0 aromatic rings. The van der Waals surface area contributed by atoms with Crippen LogP contribution < -0.4 is 5.32 Å². The average molecular weight is 197 g/mol. The molecule has 1 rings (SSSR count). The molecular formula is C4H7NO4S2. The molecule has 3 N–H and O–H groups in total. The molecule has 0 saturated carbocycles. The Labute approximate surface area is 69.8 Å². The maximum Gasteiger partial charge on any atom is 0.350 e. The topological polar surface area (TPSA) is 86.6 Å². The molecule has 1 fully saturated rings. The fourth-order valence-electron chi connectivity index (χ4n) is 0.786. The van der Waals surface area contributed by atoms with Gasteiger partial charge in [0, 0.05) is 12.3 Å². The zero-order chi connectivity index (χ0) is 8.48. The molecule has 1 aliphatic heterocycles. The van der Waals surface area contributed by atoms with Crippen molar-refractivity contribution >= 4 is 28.8 Å². The molecule has 0 aromatic carbocycles. The van der Waals surface area contributed by atoms with Gasteiger partial charge >= 0.3 is 5.97 Å². The molecular weight excluding hydrogens is 190 g/mol. The minimum Gasteiger partial charge on any atom is -0.478 e. The summed E-state index contributed by atoms with van der Waals surface area (Å²) in [5, 5.41) is 11.1. The number of rotatable bonds is 2. The van der Waals surface area contributed by atoms with Crippen molar-refractivity contribution in [3.8, 4) is 0 Å². The minimum absolute atomic E-state index is 0.448. The van der Waals surface area contributed by atoms with Crippen LogP contribution in [0, 0.1) is 0 Å². The molecule has 5 nitrogen and oxygen atoms in total. The second-order valence-electron chi connectivity index (χ2n) is 1.95. The van der Waals surface area contributed by atoms with E-state index in [1.165, 1.54) is 0 Å². The van der Waals surface area contributed by atoms with Crippen molar-refractivity contribution in [2.45, 2.75) is 4.20 Å². The van der Waals surface area contributed by atoms with Crippen LogP contribution in [0.5, 0.6) is 0 Å². The minimum atomic E-state index is -2.38. The zero-order valence-corrected chi connectivity index (χ0v) is 7.07. The summed E-state index contributed by atoms with van der Waals surface area (Å²) in [6, 6.07) is 0. The first kappa shape index (κ1) is 8.98. The Kier molecular flexibility index (Phi) is 2.53. The Balaban J connectivity index is 2.87. The molecule has 0 bridgehead atoms. The van der Waals surface area contributed by atoms with Gasteiger partial charge in [-0.2, -0.15) is 0 Å². The molecule has 2 atom stereocenters. The maximum atomic E-state index is 10.6. The van der Waals surface area contributed by atoms with Gasteiger partial charge in [-0.25, -0.2) is 9.00 Å². The highest BCUT2D eigenvalue weighted by Crippen LogP contribution is 2.29. The highest BCUT2D eigenvalue weighted by atomic mass is 32.2. The van der Waals surface area contributed by atoms with Crippen molar-refractivity contribution in [1.82, 2.24) is 5.32 Å². The molecule has 7 heteroatoms. The van der Waals surface area contributed by atoms with E-state index in [9.17, 15) is 9.00 Å². The molecule has 1 saturated heterocycles. The molecule has 1 heterocycles. The van der Waals surface area contributed by atoms with E-state index < -0.39 is 21.3 Å². The maximum absolute atomic E-state index is 10.6. The highest BCUT2D eigenvalue weighted by molar-refractivity contribution is 8.12. The Morgan fingerprint density at radius 1 is 1.73 bits per heavy atom. The average Bonchev–Trinajstić information content (AvgIpc) is 2.34. The van der Waals surface area contributed by atoms with Crippen LogP contribution in [0.15, 0.2) is 0 Å². The van der Waals surface area contributed by atoms with Crippen molar-refractivity contribution in [2.24, 2.45) is 0 Å². The Hall–Kier alpha value is -0.110. The first-order valence-corrected chi connectivity index (χ1v) is 4.92. The standard InChI is InChI=1S/C4H7NO4S2/c6-3(7)4(11(8)9)5-1-2-10-4/h5H,1-2H2,(H,6,7)(H,8,9). The van der Waals surface area contributed by atoms with Crippen molar-refractivity contribution in [3.63, 3.8) is 0 Å². The van der Waals surface area contributed by atoms with Crippen LogP contribution in [-0.2, 0) is 15.9 Å². The molecule has 1 aliphatic rings. The van der Waals surface area contributed by atoms with E-state index in [2.05, 4.69) is 5.32 Å². The monoisotopic (exact) mass is 197 g/mol. The van der Waals surface area contributed by atoms with E-state index >= 15 is 0 Å². The van der Waals surface area contributed by atoms with Gasteiger partial charge in [0.05, 0.1) is 0 Å². The Bertz CT molecular complexity index is 184. The number of thioether (sulfide) groups is 1. The van der Waals surface area contributed by atoms with Crippen LogP contribution in [0.2, 0.25) is 0 Å². The van der Waals surface area contributed by atoms with Gasteiger partial charge in [-0.1, -0.05) is 0 Å². The molecule has 11 heavy (non-hydrogen) atoms. The highest BCUT2D eigenvalue weighted by Gasteiger charge is 2.48. The van der Waals surface area contributed by atoms with E-state index in [0.717, 1.165) is 11.8 Å². The Morgan fingerprint density at radius 3 is 2.55 bits per heavy atom. The Morgan fingerprint density at radius 2 is 2.36 bits per heavy atom. The lowest BCUT2D eigenvalue weighted by molar-refractivity contribution is -0.138. The van der Waals surface area contributed by atoms with E-state index in [1.807, 2.05) is 0 Å². The fourth-order valence-corrected chi connectivity index (χ4v) is 2.63. The second kappa shape index (κ2) is 3.10. The summed E-state index contributed by atoms with van der Waals surface area (Å²) in [6.07, 6.45) is 0. The summed E-state index contributed by atoms with van der Waals surface area (Å²) in [5.41, 5.74) is 0. The number of nitrogens with one attached hydrogen (secondary N) is 1. The van der Waals surface area contributed by atoms with Gasteiger partial charge in [0.15, 0.2) is 11.1 Å². The first-order valence-electron chi connectivity index (χ1n) is 2.83. The van der Waals surface area contributed by atoms with Crippen molar-refractivity contribution < 1.29 is 18.7 Å². The number of hydrogen-bond acceptors (Lipinski definition) is 4. The van der Waals surface area contributed by atoms with Crippen LogP contribution in [0.25, 0.3) is 0 Å². The van der Waals surface area contributed by atoms with E-state index in [0.29, 0.717) is 12.3 Å². The van der Waals surface area contributed by atoms with Gasteiger partial charge in [0.2, 0.25) is 0 Å². The number of carboxylic acids is 1. The fraction of sp³-hybridized carbons (Fsp3) is 0.750.